The van der Waals surface area contributed by atoms with Gasteiger partial charge in [-0.05, 0) is 18.3 Å². The summed E-state index contributed by atoms with van der Waals surface area (Å²) < 4.78 is 40.1. The molecule has 3 heterocycles. The van der Waals surface area contributed by atoms with Gasteiger partial charge in [-0.25, -0.2) is 9.48 Å². The van der Waals surface area contributed by atoms with Crippen LogP contribution < -0.4 is 5.32 Å². The van der Waals surface area contributed by atoms with E-state index in [0.717, 1.165) is 24.4 Å². The van der Waals surface area contributed by atoms with Crippen LogP contribution in [0.25, 0.3) is 0 Å². The van der Waals surface area contributed by atoms with Crippen molar-refractivity contribution in [2.45, 2.75) is 33.4 Å². The molecule has 1 fully saturated rings. The maximum Gasteiger partial charge on any atom is 0.317 e. The zero-order valence-corrected chi connectivity index (χ0v) is 27.8. The summed E-state index contributed by atoms with van der Waals surface area (Å²) in [6, 6.07) is -0.00535. The van der Waals surface area contributed by atoms with Crippen molar-refractivity contribution in [2.24, 2.45) is 11.8 Å². The van der Waals surface area contributed by atoms with E-state index in [1.54, 1.807) is 10.9 Å². The molecule has 0 radical (unpaired) electrons. The molecule has 0 bridgehead atoms. The summed E-state index contributed by atoms with van der Waals surface area (Å²) >= 11 is 0. The van der Waals surface area contributed by atoms with E-state index in [2.05, 4.69) is 29.5 Å². The van der Waals surface area contributed by atoms with Crippen LogP contribution in [0.15, 0.2) is 18.3 Å². The Bertz CT molecular complexity index is 1050. The molecule has 1 aromatic heterocycles. The summed E-state index contributed by atoms with van der Waals surface area (Å²) in [5.74, 6) is 0.507. The predicted octanol–water partition coefficient (Wildman–Crippen LogP) is 0.507. The molecule has 1 aromatic rings. The van der Waals surface area contributed by atoms with Crippen LogP contribution in [0, 0.1) is 11.8 Å². The maximum atomic E-state index is 12.2. The highest BCUT2D eigenvalue weighted by Crippen LogP contribution is 2.23. The SMILES string of the molecule is CC(C)[C@@H]1CCN(C(=O)NCCOCCOCCOCCOCCOCCOCCOCCn2cc(CN3C(=O)C=CC3=O)nn2)C1. The van der Waals surface area contributed by atoms with Gasteiger partial charge in [-0.2, -0.15) is 0 Å². The number of likely N-dealkylation sites (tertiary alicyclic amines) is 1. The maximum absolute atomic E-state index is 12.2. The number of nitrogens with one attached hydrogen (secondary N) is 1. The first-order valence-corrected chi connectivity index (χ1v) is 16.4. The van der Waals surface area contributed by atoms with Gasteiger partial charge in [0, 0.05) is 31.8 Å². The van der Waals surface area contributed by atoms with Gasteiger partial charge in [0.15, 0.2) is 0 Å². The van der Waals surface area contributed by atoms with Crippen molar-refractivity contribution >= 4 is 17.8 Å². The molecule has 0 aromatic carbocycles. The average molecular weight is 669 g/mol. The van der Waals surface area contributed by atoms with Crippen LogP contribution in [-0.2, 0) is 55.8 Å². The fraction of sp³-hybridized carbons (Fsp3) is 0.774. The standard InChI is InChI=1S/C31H52N6O10/c1-26(2)27-5-7-35(23-27)31(40)32-6-9-41-11-13-43-15-17-45-19-21-47-22-20-46-18-16-44-14-12-42-10-8-36-24-28(33-34-36)25-37-29(38)3-4-30(37)39/h3-4,24,26-27H,5-23,25H2,1-2H3,(H,32,40)/t27-/m1/s1. The first-order valence-electron chi connectivity index (χ1n) is 16.4. The van der Waals surface area contributed by atoms with Crippen LogP contribution in [0.1, 0.15) is 26.0 Å². The Hall–Kier alpha value is -2.99. The Morgan fingerprint density at radius 3 is 1.77 bits per heavy atom. The Morgan fingerprint density at radius 1 is 0.787 bits per heavy atom. The predicted molar refractivity (Wildman–Crippen MR) is 168 cm³/mol. The Labute approximate surface area is 276 Å². The Balaban J connectivity index is 0.968. The molecule has 47 heavy (non-hydrogen) atoms. The second kappa shape index (κ2) is 23.4. The number of rotatable bonds is 27. The van der Waals surface area contributed by atoms with Gasteiger partial charge in [0.05, 0.1) is 112 Å². The molecule has 2 aliphatic rings. The molecule has 4 amide bonds. The van der Waals surface area contributed by atoms with Gasteiger partial charge >= 0.3 is 6.03 Å². The van der Waals surface area contributed by atoms with Gasteiger partial charge in [0.2, 0.25) is 0 Å². The summed E-state index contributed by atoms with van der Waals surface area (Å²) in [4.78, 5) is 38.4. The fourth-order valence-electron chi connectivity index (χ4n) is 4.71. The molecule has 1 atom stereocenters. The molecule has 16 heteroatoms. The molecular weight excluding hydrogens is 616 g/mol. The van der Waals surface area contributed by atoms with Crippen LogP contribution in [0.2, 0.25) is 0 Å². The van der Waals surface area contributed by atoms with Gasteiger partial charge in [0.25, 0.3) is 11.8 Å². The van der Waals surface area contributed by atoms with Gasteiger partial charge in [-0.1, -0.05) is 19.1 Å². The monoisotopic (exact) mass is 668 g/mol. The second-order valence-corrected chi connectivity index (χ2v) is 11.3. The van der Waals surface area contributed by atoms with Crippen molar-refractivity contribution in [1.82, 2.24) is 30.1 Å². The third kappa shape index (κ3) is 16.1. The molecule has 0 saturated carbocycles. The van der Waals surface area contributed by atoms with Crippen molar-refractivity contribution in [2.75, 3.05) is 112 Å². The molecular formula is C31H52N6O10. The Kier molecular flexibility index (Phi) is 19.1. The van der Waals surface area contributed by atoms with E-state index >= 15 is 0 Å². The first-order chi connectivity index (χ1) is 22.9. The fourth-order valence-corrected chi connectivity index (χ4v) is 4.71. The quantitative estimate of drug-likeness (QED) is 0.102. The van der Waals surface area contributed by atoms with Crippen LogP contribution >= 0.6 is 0 Å². The number of ether oxygens (including phenoxy) is 7. The lowest BCUT2D eigenvalue weighted by Gasteiger charge is -2.18. The summed E-state index contributed by atoms with van der Waals surface area (Å²) in [5.41, 5.74) is 0.533. The topological polar surface area (TPSA) is 165 Å². The van der Waals surface area contributed by atoms with Crippen molar-refractivity contribution in [1.29, 1.82) is 0 Å². The van der Waals surface area contributed by atoms with Gasteiger partial charge < -0.3 is 43.4 Å². The van der Waals surface area contributed by atoms with Gasteiger partial charge in [0.1, 0.15) is 5.69 Å². The van der Waals surface area contributed by atoms with Crippen molar-refractivity contribution < 1.29 is 47.5 Å². The normalized spacial score (nSPS) is 16.4. The van der Waals surface area contributed by atoms with Crippen LogP contribution in [0.5, 0.6) is 0 Å². The number of carbonyl (C=O) groups excluding carboxylic acids is 3. The zero-order valence-electron chi connectivity index (χ0n) is 27.8. The third-order valence-electron chi connectivity index (χ3n) is 7.48. The molecule has 0 spiro atoms. The lowest BCUT2D eigenvalue weighted by Crippen LogP contribution is -2.40. The smallest absolute Gasteiger partial charge is 0.317 e. The first kappa shape index (κ1) is 38.5. The van der Waals surface area contributed by atoms with E-state index in [1.807, 2.05) is 4.90 Å². The number of aromatic nitrogens is 3. The molecule has 16 nitrogen and oxygen atoms in total. The van der Waals surface area contributed by atoms with Crippen LogP contribution in [0.4, 0.5) is 4.79 Å². The van der Waals surface area contributed by atoms with Crippen molar-refractivity contribution in [3.05, 3.63) is 24.0 Å². The lowest BCUT2D eigenvalue weighted by molar-refractivity contribution is -0.137. The molecule has 266 valence electrons. The van der Waals surface area contributed by atoms with E-state index in [9.17, 15) is 14.4 Å². The Morgan fingerprint density at radius 2 is 1.28 bits per heavy atom. The highest BCUT2D eigenvalue weighted by molar-refractivity contribution is 6.12. The van der Waals surface area contributed by atoms with E-state index < -0.39 is 0 Å². The summed E-state index contributed by atoms with van der Waals surface area (Å²) in [7, 11) is 0. The third-order valence-corrected chi connectivity index (χ3v) is 7.48. The van der Waals surface area contributed by atoms with E-state index in [0.29, 0.717) is 123 Å². The average Bonchev–Trinajstić information content (AvgIpc) is 3.81. The largest absolute Gasteiger partial charge is 0.377 e. The highest BCUT2D eigenvalue weighted by Gasteiger charge is 2.28. The van der Waals surface area contributed by atoms with E-state index in [-0.39, 0.29) is 24.4 Å². The minimum atomic E-state index is -0.349. The van der Waals surface area contributed by atoms with Crippen LogP contribution in [0.3, 0.4) is 0 Å². The number of carbonyl (C=O) groups is 3. The molecule has 2 aliphatic heterocycles. The molecule has 0 unspecified atom stereocenters. The van der Waals surface area contributed by atoms with Gasteiger partial charge in [-0.3, -0.25) is 14.5 Å². The number of urea groups is 1. The zero-order chi connectivity index (χ0) is 33.5. The number of nitrogens with zero attached hydrogens (tertiary/aromatic N) is 5. The lowest BCUT2D eigenvalue weighted by atomic mass is 9.95. The molecule has 0 aliphatic carbocycles. The van der Waals surface area contributed by atoms with Gasteiger partial charge in [-0.15, -0.1) is 5.10 Å². The second-order valence-electron chi connectivity index (χ2n) is 11.3. The van der Waals surface area contributed by atoms with E-state index in [1.165, 1.54) is 12.2 Å². The summed E-state index contributed by atoms with van der Waals surface area (Å²) in [6.45, 7) is 13.7. The van der Waals surface area contributed by atoms with Crippen LogP contribution in [-0.4, -0.2) is 155 Å². The summed E-state index contributed by atoms with van der Waals surface area (Å²) in [6.07, 6.45) is 5.25. The number of hydrogen-bond acceptors (Lipinski definition) is 12. The number of imide groups is 1. The van der Waals surface area contributed by atoms with Crippen molar-refractivity contribution in [3.8, 4) is 0 Å². The molecule has 3 rings (SSSR count). The molecule has 1 saturated heterocycles. The number of amides is 4. The molecule has 1 N–H and O–H groups in total. The minimum absolute atomic E-state index is 0.00535. The van der Waals surface area contributed by atoms with E-state index in [4.69, 9.17) is 33.2 Å². The number of hydrogen-bond donors (Lipinski definition) is 1. The highest BCUT2D eigenvalue weighted by atomic mass is 16.6. The summed E-state index contributed by atoms with van der Waals surface area (Å²) in [5, 5.41) is 10.9. The van der Waals surface area contributed by atoms with Crippen molar-refractivity contribution in [3.63, 3.8) is 0 Å². The minimum Gasteiger partial charge on any atom is -0.377 e.